The molecule has 4 nitrogen and oxygen atoms in total. The lowest BCUT2D eigenvalue weighted by Crippen LogP contribution is -2.41. The van der Waals surface area contributed by atoms with Gasteiger partial charge in [0.2, 0.25) is 5.91 Å². The smallest absolute Gasteiger partial charge is 0.220 e. The van der Waals surface area contributed by atoms with E-state index in [4.69, 9.17) is 4.74 Å². The van der Waals surface area contributed by atoms with Crippen molar-refractivity contribution < 1.29 is 9.53 Å². The van der Waals surface area contributed by atoms with Crippen molar-refractivity contribution >= 4 is 5.91 Å². The molecular formula is C14H30N2O2. The fourth-order valence-corrected chi connectivity index (χ4v) is 1.80. The zero-order valence-electron chi connectivity index (χ0n) is 12.3. The molecule has 1 rings (SSSR count). The van der Waals surface area contributed by atoms with Crippen molar-refractivity contribution in [1.29, 1.82) is 0 Å². The van der Waals surface area contributed by atoms with Crippen molar-refractivity contribution in [3.8, 4) is 0 Å². The van der Waals surface area contributed by atoms with Gasteiger partial charge in [0, 0.05) is 32.6 Å². The second-order valence-electron chi connectivity index (χ2n) is 4.26. The molecule has 1 aliphatic rings. The van der Waals surface area contributed by atoms with Crippen LogP contribution in [0.5, 0.6) is 0 Å². The topological polar surface area (TPSA) is 41.6 Å². The van der Waals surface area contributed by atoms with Crippen LogP contribution in [0.15, 0.2) is 0 Å². The zero-order valence-corrected chi connectivity index (χ0v) is 12.3. The van der Waals surface area contributed by atoms with Crippen LogP contribution < -0.4 is 5.32 Å². The molecule has 0 radical (unpaired) electrons. The Morgan fingerprint density at radius 2 is 1.89 bits per heavy atom. The summed E-state index contributed by atoms with van der Waals surface area (Å²) in [6.07, 6.45) is 4.01. The molecule has 0 aromatic carbocycles. The highest BCUT2D eigenvalue weighted by Gasteiger charge is 2.09. The number of nitrogens with one attached hydrogen (secondary N) is 1. The Morgan fingerprint density at radius 3 is 2.50 bits per heavy atom. The number of rotatable bonds is 7. The Bertz CT molecular complexity index is 192. The molecule has 1 saturated heterocycles. The Kier molecular flexibility index (Phi) is 12.4. The number of hydrogen-bond acceptors (Lipinski definition) is 3. The van der Waals surface area contributed by atoms with E-state index in [1.54, 1.807) is 0 Å². The lowest BCUT2D eigenvalue weighted by atomic mass is 10.2. The van der Waals surface area contributed by atoms with Crippen molar-refractivity contribution in [2.45, 2.75) is 46.5 Å². The molecule has 0 spiro atoms. The van der Waals surface area contributed by atoms with Crippen LogP contribution >= 0.6 is 0 Å². The van der Waals surface area contributed by atoms with Crippen LogP contribution in [0.25, 0.3) is 0 Å². The molecule has 0 bridgehead atoms. The van der Waals surface area contributed by atoms with Crippen LogP contribution in [-0.4, -0.2) is 50.2 Å². The van der Waals surface area contributed by atoms with Crippen LogP contribution in [0.2, 0.25) is 0 Å². The predicted molar refractivity (Wildman–Crippen MR) is 75.8 cm³/mol. The van der Waals surface area contributed by atoms with Crippen molar-refractivity contribution in [3.05, 3.63) is 0 Å². The number of morpholine rings is 1. The largest absolute Gasteiger partial charge is 0.379 e. The minimum atomic E-state index is 0.196. The molecule has 108 valence electrons. The molecule has 18 heavy (non-hydrogen) atoms. The highest BCUT2D eigenvalue weighted by molar-refractivity contribution is 5.75. The Balaban J connectivity index is 0.00000137. The first kappa shape index (κ1) is 17.4. The summed E-state index contributed by atoms with van der Waals surface area (Å²) in [5.74, 6) is 0.196. The van der Waals surface area contributed by atoms with Gasteiger partial charge in [-0.15, -0.1) is 0 Å². The molecule has 0 aliphatic carbocycles. The summed E-state index contributed by atoms with van der Waals surface area (Å²) in [6.45, 7) is 11.5. The Hall–Kier alpha value is -0.610. The molecule has 0 aromatic rings. The second-order valence-corrected chi connectivity index (χ2v) is 4.26. The van der Waals surface area contributed by atoms with Gasteiger partial charge >= 0.3 is 0 Å². The van der Waals surface area contributed by atoms with Gasteiger partial charge in [0.05, 0.1) is 13.2 Å². The molecular weight excluding hydrogens is 228 g/mol. The van der Waals surface area contributed by atoms with Gasteiger partial charge < -0.3 is 10.1 Å². The lowest BCUT2D eigenvalue weighted by molar-refractivity contribution is -0.121. The highest BCUT2D eigenvalue weighted by Crippen LogP contribution is 1.98. The molecule has 1 aliphatic heterocycles. The van der Waals surface area contributed by atoms with E-state index in [9.17, 15) is 4.79 Å². The first-order valence-electron chi connectivity index (χ1n) is 7.39. The molecule has 0 aromatic heterocycles. The van der Waals surface area contributed by atoms with E-state index in [2.05, 4.69) is 17.1 Å². The number of hydrogen-bond donors (Lipinski definition) is 1. The van der Waals surface area contributed by atoms with E-state index in [1.807, 2.05) is 13.8 Å². The van der Waals surface area contributed by atoms with Crippen molar-refractivity contribution in [2.24, 2.45) is 0 Å². The third-order valence-corrected chi connectivity index (χ3v) is 2.86. The molecule has 1 heterocycles. The summed E-state index contributed by atoms with van der Waals surface area (Å²) < 4.78 is 5.26. The monoisotopic (exact) mass is 258 g/mol. The first-order valence-corrected chi connectivity index (χ1v) is 7.39. The summed E-state index contributed by atoms with van der Waals surface area (Å²) in [4.78, 5) is 13.7. The Labute approximate surface area is 112 Å². The molecule has 4 heteroatoms. The summed E-state index contributed by atoms with van der Waals surface area (Å²) in [5.41, 5.74) is 0. The van der Waals surface area contributed by atoms with Gasteiger partial charge in [-0.25, -0.2) is 0 Å². The van der Waals surface area contributed by atoms with Crippen molar-refractivity contribution in [1.82, 2.24) is 10.2 Å². The fraction of sp³-hybridized carbons (Fsp3) is 0.929. The summed E-state index contributed by atoms with van der Waals surface area (Å²) in [5, 5.41) is 2.97. The summed E-state index contributed by atoms with van der Waals surface area (Å²) in [6, 6.07) is 0. The third kappa shape index (κ3) is 9.42. The molecule has 1 amide bonds. The van der Waals surface area contributed by atoms with Crippen LogP contribution in [0.3, 0.4) is 0 Å². The van der Waals surface area contributed by atoms with E-state index in [-0.39, 0.29) is 5.91 Å². The van der Waals surface area contributed by atoms with Gasteiger partial charge in [-0.1, -0.05) is 33.6 Å². The van der Waals surface area contributed by atoms with E-state index in [0.29, 0.717) is 6.42 Å². The van der Waals surface area contributed by atoms with Crippen LogP contribution in [-0.2, 0) is 9.53 Å². The van der Waals surface area contributed by atoms with Crippen molar-refractivity contribution in [3.63, 3.8) is 0 Å². The SMILES string of the molecule is CC.CCCCCC(=O)NCCN1CCOCC1. The number of carbonyl (C=O) groups excluding carboxylic acids is 1. The maximum Gasteiger partial charge on any atom is 0.220 e. The number of unbranched alkanes of at least 4 members (excludes halogenated alkanes) is 2. The number of nitrogens with zero attached hydrogens (tertiary/aromatic N) is 1. The minimum absolute atomic E-state index is 0.196. The van der Waals surface area contributed by atoms with Gasteiger partial charge in [0.1, 0.15) is 0 Å². The maximum atomic E-state index is 11.4. The molecule has 1 N–H and O–H groups in total. The van der Waals surface area contributed by atoms with E-state index in [1.165, 1.54) is 6.42 Å². The van der Waals surface area contributed by atoms with E-state index >= 15 is 0 Å². The summed E-state index contributed by atoms with van der Waals surface area (Å²) >= 11 is 0. The quantitative estimate of drug-likeness (QED) is 0.711. The normalized spacial score (nSPS) is 15.7. The first-order chi connectivity index (χ1) is 8.83. The van der Waals surface area contributed by atoms with Crippen LogP contribution in [0, 0.1) is 0 Å². The zero-order chi connectivity index (χ0) is 13.6. The van der Waals surface area contributed by atoms with Crippen molar-refractivity contribution in [2.75, 3.05) is 39.4 Å². The maximum absolute atomic E-state index is 11.4. The fourth-order valence-electron chi connectivity index (χ4n) is 1.80. The molecule has 0 atom stereocenters. The van der Waals surface area contributed by atoms with Crippen LogP contribution in [0.4, 0.5) is 0 Å². The number of amides is 1. The van der Waals surface area contributed by atoms with Crippen LogP contribution in [0.1, 0.15) is 46.5 Å². The van der Waals surface area contributed by atoms with E-state index in [0.717, 1.165) is 52.2 Å². The minimum Gasteiger partial charge on any atom is -0.379 e. The second kappa shape index (κ2) is 12.8. The molecule has 0 unspecified atom stereocenters. The average Bonchev–Trinajstić information content (AvgIpc) is 2.42. The van der Waals surface area contributed by atoms with Gasteiger partial charge in [-0.3, -0.25) is 9.69 Å². The van der Waals surface area contributed by atoms with E-state index < -0.39 is 0 Å². The van der Waals surface area contributed by atoms with Gasteiger partial charge in [-0.05, 0) is 6.42 Å². The average molecular weight is 258 g/mol. The highest BCUT2D eigenvalue weighted by atomic mass is 16.5. The lowest BCUT2D eigenvalue weighted by Gasteiger charge is -2.26. The third-order valence-electron chi connectivity index (χ3n) is 2.86. The van der Waals surface area contributed by atoms with Gasteiger partial charge in [-0.2, -0.15) is 0 Å². The Morgan fingerprint density at radius 1 is 1.22 bits per heavy atom. The number of carbonyl (C=O) groups is 1. The standard InChI is InChI=1S/C12H24N2O2.C2H6/c1-2-3-4-5-12(15)13-6-7-14-8-10-16-11-9-14;1-2/h2-11H2,1H3,(H,13,15);1-2H3. The van der Waals surface area contributed by atoms with Gasteiger partial charge in [0.25, 0.3) is 0 Å². The molecule has 0 saturated carbocycles. The predicted octanol–water partition coefficient (Wildman–Crippen LogP) is 2.04. The molecule has 1 fully saturated rings. The number of ether oxygens (including phenoxy) is 1. The van der Waals surface area contributed by atoms with Gasteiger partial charge in [0.15, 0.2) is 0 Å². The summed E-state index contributed by atoms with van der Waals surface area (Å²) in [7, 11) is 0.